The summed E-state index contributed by atoms with van der Waals surface area (Å²) in [6.07, 6.45) is 6.77. The van der Waals surface area contributed by atoms with Crippen LogP contribution in [0.1, 0.15) is 51.0 Å². The molecule has 0 spiro atoms. The van der Waals surface area contributed by atoms with Crippen LogP contribution in [-0.2, 0) is 49.2 Å². The smallest absolute Gasteiger partial charge is 0.238 e. The molecule has 12 heteroatoms. The number of hydrogen-bond donors (Lipinski definition) is 1. The lowest BCUT2D eigenvalue weighted by Crippen LogP contribution is -2.53. The fraction of sp³-hybridized carbons (Fsp3) is 0.261. The number of rotatable bonds is 12. The van der Waals surface area contributed by atoms with E-state index < -0.39 is 12.1 Å². The van der Waals surface area contributed by atoms with Crippen LogP contribution >= 0.6 is 23.2 Å². The molecular formula is C46H43Cl2N5O5. The molecule has 8 rings (SSSR count). The van der Waals surface area contributed by atoms with Gasteiger partial charge in [-0.2, -0.15) is 0 Å². The number of aldehydes is 1. The second kappa shape index (κ2) is 17.0. The number of nitrogens with one attached hydrogen (secondary N) is 1. The highest BCUT2D eigenvalue weighted by Crippen LogP contribution is 2.41. The van der Waals surface area contributed by atoms with Gasteiger partial charge in [0.05, 0.1) is 28.7 Å². The molecular weight excluding hydrogens is 773 g/mol. The molecule has 2 aliphatic rings. The Labute approximate surface area is 347 Å². The summed E-state index contributed by atoms with van der Waals surface area (Å²) in [5.41, 5.74) is 9.19. The van der Waals surface area contributed by atoms with E-state index in [0.29, 0.717) is 66.4 Å². The molecule has 0 aliphatic carbocycles. The maximum atomic E-state index is 14.1. The predicted octanol–water partition coefficient (Wildman–Crippen LogP) is 8.35. The van der Waals surface area contributed by atoms with E-state index in [1.54, 1.807) is 18.3 Å². The van der Waals surface area contributed by atoms with Crippen molar-refractivity contribution in [1.82, 2.24) is 24.8 Å². The van der Waals surface area contributed by atoms with Gasteiger partial charge in [-0.1, -0.05) is 65.7 Å². The number of aromatic nitrogens is 3. The minimum Gasteiger partial charge on any atom is -0.489 e. The van der Waals surface area contributed by atoms with Crippen molar-refractivity contribution in [2.45, 2.75) is 64.6 Å². The van der Waals surface area contributed by atoms with Gasteiger partial charge in [-0.15, -0.1) is 0 Å². The summed E-state index contributed by atoms with van der Waals surface area (Å²) in [4.78, 5) is 37.6. The molecule has 0 saturated heterocycles. The highest BCUT2D eigenvalue weighted by molar-refractivity contribution is 6.42. The monoisotopic (exact) mass is 815 g/mol. The fourth-order valence-corrected chi connectivity index (χ4v) is 7.86. The normalized spacial score (nSPS) is 16.6. The van der Waals surface area contributed by atoms with Crippen molar-refractivity contribution in [3.05, 3.63) is 158 Å². The Morgan fingerprint density at radius 2 is 1.71 bits per heavy atom. The summed E-state index contributed by atoms with van der Waals surface area (Å²) in [7, 11) is 1.94. The van der Waals surface area contributed by atoms with Gasteiger partial charge in [0.25, 0.3) is 0 Å². The van der Waals surface area contributed by atoms with Crippen molar-refractivity contribution in [3.63, 3.8) is 0 Å². The fourth-order valence-electron chi connectivity index (χ4n) is 7.54. The molecule has 2 aromatic heterocycles. The summed E-state index contributed by atoms with van der Waals surface area (Å²) in [5, 5.41) is 4.05. The van der Waals surface area contributed by atoms with E-state index in [9.17, 15) is 9.59 Å². The van der Waals surface area contributed by atoms with Crippen molar-refractivity contribution in [2.75, 3.05) is 6.61 Å². The molecule has 296 valence electrons. The second-order valence-corrected chi connectivity index (χ2v) is 15.7. The number of amides is 1. The zero-order valence-electron chi connectivity index (χ0n) is 32.5. The molecule has 6 aromatic rings. The van der Waals surface area contributed by atoms with Gasteiger partial charge in [-0.05, 0) is 114 Å². The molecule has 4 heterocycles. The van der Waals surface area contributed by atoms with Gasteiger partial charge in [0.2, 0.25) is 5.91 Å². The second-order valence-electron chi connectivity index (χ2n) is 14.9. The van der Waals surface area contributed by atoms with Crippen LogP contribution in [0.3, 0.4) is 0 Å². The number of carbonyl (C=O) groups excluding carboxylic acids is 2. The molecule has 4 aromatic carbocycles. The summed E-state index contributed by atoms with van der Waals surface area (Å²) >= 11 is 12.2. The van der Waals surface area contributed by atoms with Crippen LogP contribution in [0.4, 0.5) is 0 Å². The molecule has 10 nitrogen and oxygen atoms in total. The average Bonchev–Trinajstić information content (AvgIpc) is 3.64. The van der Waals surface area contributed by atoms with E-state index in [1.165, 1.54) is 0 Å². The maximum absolute atomic E-state index is 14.1. The number of halogens is 2. The minimum atomic E-state index is -0.694. The Bertz CT molecular complexity index is 2450. The molecule has 0 bridgehead atoms. The van der Waals surface area contributed by atoms with Gasteiger partial charge in [0, 0.05) is 37.9 Å². The Balaban J connectivity index is 0.951. The van der Waals surface area contributed by atoms with Crippen LogP contribution in [0.2, 0.25) is 10.0 Å². The third-order valence-electron chi connectivity index (χ3n) is 11.0. The first-order chi connectivity index (χ1) is 28.1. The number of ether oxygens (including phenoxy) is 3. The van der Waals surface area contributed by atoms with E-state index in [1.807, 2.05) is 91.6 Å². The molecule has 0 fully saturated rings. The molecule has 58 heavy (non-hydrogen) atoms. The van der Waals surface area contributed by atoms with Crippen LogP contribution in [0, 0.1) is 13.8 Å². The van der Waals surface area contributed by atoms with Crippen LogP contribution in [0.5, 0.6) is 17.2 Å². The van der Waals surface area contributed by atoms with Crippen molar-refractivity contribution >= 4 is 35.4 Å². The topological polar surface area (TPSA) is 108 Å². The summed E-state index contributed by atoms with van der Waals surface area (Å²) in [6.45, 7) is 5.67. The first kappa shape index (κ1) is 39.2. The van der Waals surface area contributed by atoms with Crippen LogP contribution in [-0.4, -0.2) is 50.3 Å². The standard InChI is InChI=1S/C46H43Cl2N5O5/c1-28-29(2)49-15-14-38(28)32-7-4-30(5-8-32)18-36(25-54)51-46(55)41-20-34-21-42-43(22-35(34)23-53(41)24-45-50-16-17-52(45)3)58-44(27-57-42)33-9-11-37(12-10-33)56-26-31-6-13-39(47)40(48)19-31/h4-17,19,21-22,25,36,41,44H,18,20,23-24,26-27H2,1-3H3,(H,51,55). The summed E-state index contributed by atoms with van der Waals surface area (Å²) in [5.74, 6) is 2.62. The number of imidazole rings is 1. The van der Waals surface area contributed by atoms with Crippen LogP contribution in [0.15, 0.2) is 104 Å². The highest BCUT2D eigenvalue weighted by Gasteiger charge is 2.35. The number of hydrogen-bond acceptors (Lipinski definition) is 8. The van der Waals surface area contributed by atoms with E-state index in [-0.39, 0.29) is 12.0 Å². The number of pyridine rings is 1. The van der Waals surface area contributed by atoms with Gasteiger partial charge < -0.3 is 28.9 Å². The Kier molecular flexibility index (Phi) is 11.5. The SMILES string of the molecule is Cc1nccc(-c2ccc(CC(C=O)NC(=O)C3Cc4cc5c(cc4CN3Cc3nccn3C)OC(c3ccc(OCc4ccc(Cl)c(Cl)c4)cc3)CO5)cc2)c1C. The predicted molar refractivity (Wildman–Crippen MR) is 223 cm³/mol. The Morgan fingerprint density at radius 3 is 2.45 bits per heavy atom. The Morgan fingerprint density at radius 1 is 0.931 bits per heavy atom. The number of carbonyl (C=O) groups is 2. The van der Waals surface area contributed by atoms with Crippen LogP contribution < -0.4 is 19.5 Å². The summed E-state index contributed by atoms with van der Waals surface area (Å²) < 4.78 is 20.7. The zero-order valence-corrected chi connectivity index (χ0v) is 34.0. The molecule has 3 atom stereocenters. The number of aryl methyl sites for hydroxylation is 2. The third kappa shape index (κ3) is 8.60. The first-order valence-electron chi connectivity index (χ1n) is 19.2. The largest absolute Gasteiger partial charge is 0.489 e. The van der Waals surface area contributed by atoms with Crippen molar-refractivity contribution in [1.29, 1.82) is 0 Å². The van der Waals surface area contributed by atoms with Gasteiger partial charge in [-0.25, -0.2) is 4.98 Å². The van der Waals surface area contributed by atoms with Gasteiger partial charge >= 0.3 is 0 Å². The molecule has 2 aliphatic heterocycles. The van der Waals surface area contributed by atoms with E-state index in [4.69, 9.17) is 37.4 Å². The molecule has 3 unspecified atom stereocenters. The van der Waals surface area contributed by atoms with E-state index in [2.05, 4.69) is 39.2 Å². The lowest BCUT2D eigenvalue weighted by Gasteiger charge is -2.37. The molecule has 0 saturated carbocycles. The highest BCUT2D eigenvalue weighted by atomic mass is 35.5. The van der Waals surface area contributed by atoms with Crippen molar-refractivity contribution in [3.8, 4) is 28.4 Å². The number of fused-ring (bicyclic) bond motifs is 2. The van der Waals surface area contributed by atoms with E-state index in [0.717, 1.165) is 62.3 Å². The summed E-state index contributed by atoms with van der Waals surface area (Å²) in [6, 6.07) is 26.1. The van der Waals surface area contributed by atoms with E-state index >= 15 is 0 Å². The number of benzene rings is 4. The molecule has 1 amide bonds. The third-order valence-corrected chi connectivity index (χ3v) is 11.8. The molecule has 0 radical (unpaired) electrons. The van der Waals surface area contributed by atoms with Crippen molar-refractivity contribution < 1.29 is 23.8 Å². The number of nitrogens with zero attached hydrogens (tertiary/aromatic N) is 4. The maximum Gasteiger partial charge on any atom is 0.238 e. The van der Waals surface area contributed by atoms with Gasteiger partial charge in [-0.3, -0.25) is 14.7 Å². The lowest BCUT2D eigenvalue weighted by atomic mass is 9.92. The average molecular weight is 817 g/mol. The lowest BCUT2D eigenvalue weighted by molar-refractivity contribution is -0.129. The van der Waals surface area contributed by atoms with Crippen LogP contribution in [0.25, 0.3) is 11.1 Å². The van der Waals surface area contributed by atoms with Gasteiger partial charge in [0.15, 0.2) is 17.6 Å². The zero-order chi connectivity index (χ0) is 40.3. The first-order valence-corrected chi connectivity index (χ1v) is 20.0. The minimum absolute atomic E-state index is 0.212. The van der Waals surface area contributed by atoms with Crippen molar-refractivity contribution in [2.24, 2.45) is 7.05 Å². The molecule has 1 N–H and O–H groups in total. The van der Waals surface area contributed by atoms with Gasteiger partial charge in [0.1, 0.15) is 31.1 Å². The quantitative estimate of drug-likeness (QED) is 0.123. The Hall–Kier alpha value is -5.68.